The molecule has 0 saturated carbocycles. The Morgan fingerprint density at radius 1 is 1.70 bits per heavy atom. The predicted octanol–water partition coefficient (Wildman–Crippen LogP) is 0.688. The van der Waals surface area contributed by atoms with Gasteiger partial charge in [-0.15, -0.1) is 0 Å². The van der Waals surface area contributed by atoms with Gasteiger partial charge in [0.25, 0.3) is 0 Å². The first-order chi connectivity index (χ1) is 4.68. The SMILES string of the molecule is CCC(O)(CC#N)COC. The van der Waals surface area contributed by atoms with Crippen LogP contribution in [-0.2, 0) is 4.74 Å². The summed E-state index contributed by atoms with van der Waals surface area (Å²) in [5.41, 5.74) is -0.941. The molecule has 0 fully saturated rings. The van der Waals surface area contributed by atoms with Gasteiger partial charge >= 0.3 is 0 Å². The van der Waals surface area contributed by atoms with Gasteiger partial charge in [-0.3, -0.25) is 0 Å². The normalized spacial score (nSPS) is 15.8. The number of hydrogen-bond acceptors (Lipinski definition) is 3. The molecule has 0 heterocycles. The van der Waals surface area contributed by atoms with Crippen LogP contribution in [0, 0.1) is 11.3 Å². The van der Waals surface area contributed by atoms with Crippen LogP contribution in [0.1, 0.15) is 19.8 Å². The molecule has 0 aromatic heterocycles. The summed E-state index contributed by atoms with van der Waals surface area (Å²) in [6, 6.07) is 1.91. The highest BCUT2D eigenvalue weighted by atomic mass is 16.5. The minimum Gasteiger partial charge on any atom is -0.386 e. The van der Waals surface area contributed by atoms with Crippen LogP contribution in [0.5, 0.6) is 0 Å². The molecule has 0 spiro atoms. The van der Waals surface area contributed by atoms with Crippen LogP contribution in [0.2, 0.25) is 0 Å². The summed E-state index contributed by atoms with van der Waals surface area (Å²) in [5.74, 6) is 0. The topological polar surface area (TPSA) is 53.2 Å². The van der Waals surface area contributed by atoms with Gasteiger partial charge in [0.2, 0.25) is 0 Å². The highest BCUT2D eigenvalue weighted by Crippen LogP contribution is 2.13. The lowest BCUT2D eigenvalue weighted by Gasteiger charge is -2.21. The van der Waals surface area contributed by atoms with Crippen LogP contribution in [-0.4, -0.2) is 24.4 Å². The third-order valence-corrected chi connectivity index (χ3v) is 1.48. The van der Waals surface area contributed by atoms with Crippen molar-refractivity contribution in [3.8, 4) is 6.07 Å². The van der Waals surface area contributed by atoms with Crippen molar-refractivity contribution < 1.29 is 9.84 Å². The Morgan fingerprint density at radius 2 is 2.30 bits per heavy atom. The molecular formula is C7H13NO2. The van der Waals surface area contributed by atoms with Gasteiger partial charge in [0.1, 0.15) is 5.60 Å². The summed E-state index contributed by atoms with van der Waals surface area (Å²) >= 11 is 0. The molecule has 0 bridgehead atoms. The van der Waals surface area contributed by atoms with Gasteiger partial charge in [-0.25, -0.2) is 0 Å². The number of methoxy groups -OCH3 is 1. The average molecular weight is 143 g/mol. The molecule has 0 aliphatic carbocycles. The Balaban J connectivity index is 3.84. The van der Waals surface area contributed by atoms with Gasteiger partial charge in [-0.05, 0) is 6.42 Å². The van der Waals surface area contributed by atoms with E-state index >= 15 is 0 Å². The molecule has 0 aromatic carbocycles. The summed E-state index contributed by atoms with van der Waals surface area (Å²) in [7, 11) is 1.51. The monoisotopic (exact) mass is 143 g/mol. The molecule has 58 valence electrons. The molecule has 0 aromatic rings. The Bertz CT molecular complexity index is 130. The van der Waals surface area contributed by atoms with Crippen molar-refractivity contribution in [2.45, 2.75) is 25.4 Å². The molecule has 1 atom stereocenters. The van der Waals surface area contributed by atoms with Crippen molar-refractivity contribution in [1.82, 2.24) is 0 Å². The molecule has 0 amide bonds. The van der Waals surface area contributed by atoms with E-state index in [4.69, 9.17) is 10.00 Å². The fourth-order valence-electron chi connectivity index (χ4n) is 0.694. The zero-order valence-corrected chi connectivity index (χ0v) is 6.42. The fraction of sp³-hybridized carbons (Fsp3) is 0.857. The van der Waals surface area contributed by atoms with E-state index in [-0.39, 0.29) is 13.0 Å². The van der Waals surface area contributed by atoms with Gasteiger partial charge < -0.3 is 9.84 Å². The minimum absolute atomic E-state index is 0.136. The second-order valence-electron chi connectivity index (χ2n) is 2.35. The largest absolute Gasteiger partial charge is 0.386 e. The second-order valence-corrected chi connectivity index (χ2v) is 2.35. The van der Waals surface area contributed by atoms with Gasteiger partial charge in [-0.1, -0.05) is 6.92 Å². The first-order valence-corrected chi connectivity index (χ1v) is 3.27. The number of ether oxygens (including phenoxy) is 1. The van der Waals surface area contributed by atoms with Gasteiger partial charge in [0, 0.05) is 7.11 Å². The molecule has 0 rings (SSSR count). The van der Waals surface area contributed by atoms with Crippen LogP contribution in [0.25, 0.3) is 0 Å². The summed E-state index contributed by atoms with van der Waals surface area (Å²) in [5, 5.41) is 17.8. The van der Waals surface area contributed by atoms with Crippen LogP contribution in [0.4, 0.5) is 0 Å². The number of rotatable bonds is 4. The molecule has 0 saturated heterocycles. The third kappa shape index (κ3) is 2.81. The number of nitrogens with zero attached hydrogens (tertiary/aromatic N) is 1. The van der Waals surface area contributed by atoms with Crippen molar-refractivity contribution in [1.29, 1.82) is 5.26 Å². The maximum absolute atomic E-state index is 9.47. The predicted molar refractivity (Wildman–Crippen MR) is 37.3 cm³/mol. The number of hydrogen-bond donors (Lipinski definition) is 1. The molecule has 10 heavy (non-hydrogen) atoms. The van der Waals surface area contributed by atoms with Gasteiger partial charge in [0.15, 0.2) is 0 Å². The van der Waals surface area contributed by atoms with Crippen molar-refractivity contribution in [3.05, 3.63) is 0 Å². The lowest BCUT2D eigenvalue weighted by atomic mass is 9.99. The highest BCUT2D eigenvalue weighted by molar-refractivity contribution is 4.87. The standard InChI is InChI=1S/C7H13NO2/c1-3-7(9,4-5-8)6-10-2/h9H,3-4,6H2,1-2H3. The maximum atomic E-state index is 9.47. The van der Waals surface area contributed by atoms with Crippen molar-refractivity contribution >= 4 is 0 Å². The van der Waals surface area contributed by atoms with E-state index in [1.54, 1.807) is 0 Å². The summed E-state index contributed by atoms with van der Waals surface area (Å²) < 4.78 is 4.75. The second kappa shape index (κ2) is 4.26. The van der Waals surface area contributed by atoms with Gasteiger partial charge in [0.05, 0.1) is 19.1 Å². The van der Waals surface area contributed by atoms with Gasteiger partial charge in [-0.2, -0.15) is 5.26 Å². The van der Waals surface area contributed by atoms with E-state index in [1.165, 1.54) is 7.11 Å². The number of aliphatic hydroxyl groups is 1. The van der Waals surface area contributed by atoms with E-state index < -0.39 is 5.60 Å². The Kier molecular flexibility index (Phi) is 4.01. The zero-order chi connectivity index (χ0) is 8.04. The molecule has 0 aliphatic rings. The van der Waals surface area contributed by atoms with Crippen molar-refractivity contribution in [2.75, 3.05) is 13.7 Å². The van der Waals surface area contributed by atoms with E-state index in [2.05, 4.69) is 0 Å². The van der Waals surface area contributed by atoms with Crippen molar-refractivity contribution in [3.63, 3.8) is 0 Å². The third-order valence-electron chi connectivity index (χ3n) is 1.48. The quantitative estimate of drug-likeness (QED) is 0.629. The van der Waals surface area contributed by atoms with E-state index in [0.717, 1.165) is 0 Å². The molecule has 3 nitrogen and oxygen atoms in total. The molecule has 1 unspecified atom stereocenters. The first kappa shape index (κ1) is 9.41. The average Bonchev–Trinajstić information content (AvgIpc) is 1.89. The van der Waals surface area contributed by atoms with Crippen molar-refractivity contribution in [2.24, 2.45) is 0 Å². The van der Waals surface area contributed by atoms with E-state index in [9.17, 15) is 5.11 Å². The summed E-state index contributed by atoms with van der Waals surface area (Å²) in [4.78, 5) is 0. The lowest BCUT2D eigenvalue weighted by molar-refractivity contribution is -0.0301. The summed E-state index contributed by atoms with van der Waals surface area (Å²) in [6.45, 7) is 2.06. The molecule has 0 radical (unpaired) electrons. The molecule has 0 aliphatic heterocycles. The Morgan fingerprint density at radius 3 is 2.60 bits per heavy atom. The molecule has 1 N–H and O–H groups in total. The summed E-state index contributed by atoms with van der Waals surface area (Å²) in [6.07, 6.45) is 0.686. The first-order valence-electron chi connectivity index (χ1n) is 3.27. The smallest absolute Gasteiger partial charge is 0.101 e. The van der Waals surface area contributed by atoms with E-state index in [1.807, 2.05) is 13.0 Å². The Hall–Kier alpha value is -0.590. The fourth-order valence-corrected chi connectivity index (χ4v) is 0.694. The van der Waals surface area contributed by atoms with Crippen LogP contribution in [0.3, 0.4) is 0 Å². The maximum Gasteiger partial charge on any atom is 0.101 e. The zero-order valence-electron chi connectivity index (χ0n) is 6.42. The Labute approximate surface area is 61.2 Å². The molecule has 3 heteroatoms. The van der Waals surface area contributed by atoms with E-state index in [0.29, 0.717) is 6.42 Å². The highest BCUT2D eigenvalue weighted by Gasteiger charge is 2.23. The van der Waals surface area contributed by atoms with Crippen LogP contribution >= 0.6 is 0 Å². The van der Waals surface area contributed by atoms with Crippen LogP contribution < -0.4 is 0 Å². The molecular weight excluding hydrogens is 130 g/mol. The lowest BCUT2D eigenvalue weighted by Crippen LogP contribution is -2.32. The van der Waals surface area contributed by atoms with Crippen LogP contribution in [0.15, 0.2) is 0 Å². The number of nitriles is 1. The minimum atomic E-state index is -0.941.